The molecule has 4 rings (SSSR count). The Balaban J connectivity index is 1.32. The van der Waals surface area contributed by atoms with Gasteiger partial charge in [0.2, 0.25) is 15.9 Å². The van der Waals surface area contributed by atoms with Crippen molar-refractivity contribution in [1.29, 1.82) is 0 Å². The molecule has 8 heteroatoms. The first-order valence-electron chi connectivity index (χ1n) is 10.4. The summed E-state index contributed by atoms with van der Waals surface area (Å²) >= 11 is 0. The van der Waals surface area contributed by atoms with Gasteiger partial charge in [0.25, 0.3) is 0 Å². The van der Waals surface area contributed by atoms with Crippen molar-refractivity contribution in [2.75, 3.05) is 13.1 Å². The summed E-state index contributed by atoms with van der Waals surface area (Å²) in [5, 5.41) is 2.91. The van der Waals surface area contributed by atoms with E-state index in [0.29, 0.717) is 24.5 Å². The molecule has 1 N–H and O–H groups in total. The summed E-state index contributed by atoms with van der Waals surface area (Å²) in [6.45, 7) is 2.59. The lowest BCUT2D eigenvalue weighted by Crippen LogP contribution is -2.35. The third-order valence-electron chi connectivity index (χ3n) is 5.67. The summed E-state index contributed by atoms with van der Waals surface area (Å²) in [5.74, 6) is 1.01. The Hall–Kier alpha value is -2.19. The molecule has 3 heterocycles. The Morgan fingerprint density at radius 1 is 1.00 bits per heavy atom. The molecule has 1 fully saturated rings. The van der Waals surface area contributed by atoms with Gasteiger partial charge in [-0.25, -0.2) is 13.4 Å². The minimum Gasteiger partial charge on any atom is -0.350 e. The van der Waals surface area contributed by atoms with Crippen molar-refractivity contribution in [3.8, 4) is 0 Å². The average Bonchev–Trinajstić information content (AvgIpc) is 3.16. The Labute approximate surface area is 172 Å². The Morgan fingerprint density at radius 2 is 1.72 bits per heavy atom. The fourth-order valence-electron chi connectivity index (χ4n) is 4.03. The second-order valence-electron chi connectivity index (χ2n) is 7.86. The number of sulfonamides is 1. The van der Waals surface area contributed by atoms with E-state index in [2.05, 4.69) is 14.9 Å². The van der Waals surface area contributed by atoms with Gasteiger partial charge in [0, 0.05) is 32.3 Å². The molecule has 1 aromatic carbocycles. The van der Waals surface area contributed by atoms with E-state index < -0.39 is 10.0 Å². The minimum atomic E-state index is -3.43. The maximum Gasteiger partial charge on any atom is 0.243 e. The lowest BCUT2D eigenvalue weighted by Gasteiger charge is -2.25. The molecule has 0 radical (unpaired) electrons. The van der Waals surface area contributed by atoms with E-state index in [4.69, 9.17) is 0 Å². The number of hydrogen-bond acceptors (Lipinski definition) is 4. The Kier molecular flexibility index (Phi) is 6.01. The summed E-state index contributed by atoms with van der Waals surface area (Å²) in [7, 11) is -3.43. The number of hydrogen-bond donors (Lipinski definition) is 1. The summed E-state index contributed by atoms with van der Waals surface area (Å²) < 4.78 is 29.1. The fourth-order valence-corrected chi connectivity index (χ4v) is 5.54. The van der Waals surface area contributed by atoms with Crippen molar-refractivity contribution in [2.24, 2.45) is 0 Å². The molecule has 0 aliphatic carbocycles. The lowest BCUT2D eigenvalue weighted by molar-refractivity contribution is -0.120. The van der Waals surface area contributed by atoms with Gasteiger partial charge in [0.1, 0.15) is 5.82 Å². The van der Waals surface area contributed by atoms with Crippen molar-refractivity contribution >= 4 is 15.9 Å². The molecule has 2 aromatic rings. The summed E-state index contributed by atoms with van der Waals surface area (Å²) in [6.07, 6.45) is 8.51. The highest BCUT2D eigenvalue weighted by Gasteiger charge is 2.25. The molecule has 1 aromatic heterocycles. The van der Waals surface area contributed by atoms with E-state index >= 15 is 0 Å². The van der Waals surface area contributed by atoms with E-state index in [9.17, 15) is 13.2 Å². The molecule has 1 amide bonds. The molecule has 156 valence electrons. The quantitative estimate of drug-likeness (QED) is 0.783. The normalized spacial score (nSPS) is 17.7. The van der Waals surface area contributed by atoms with Crippen LogP contribution in [0.3, 0.4) is 0 Å². The number of piperidine rings is 1. The molecule has 0 bridgehead atoms. The first kappa shape index (κ1) is 20.1. The van der Waals surface area contributed by atoms with Crippen LogP contribution in [-0.4, -0.2) is 41.3 Å². The van der Waals surface area contributed by atoms with Crippen LogP contribution in [0.4, 0.5) is 0 Å². The zero-order valence-corrected chi connectivity index (χ0v) is 17.5. The van der Waals surface area contributed by atoms with Gasteiger partial charge in [0.15, 0.2) is 0 Å². The second-order valence-corrected chi connectivity index (χ2v) is 9.80. The van der Waals surface area contributed by atoms with Crippen LogP contribution in [0.1, 0.15) is 49.2 Å². The zero-order chi connectivity index (χ0) is 20.3. The number of nitrogens with one attached hydrogen (secondary N) is 1. The number of carbonyl (C=O) groups is 1. The van der Waals surface area contributed by atoms with Crippen LogP contribution in [0.5, 0.6) is 0 Å². The van der Waals surface area contributed by atoms with Crippen LogP contribution in [0, 0.1) is 0 Å². The minimum absolute atomic E-state index is 0.0948. The number of amides is 1. The number of benzene rings is 1. The van der Waals surface area contributed by atoms with Crippen molar-refractivity contribution in [1.82, 2.24) is 19.2 Å². The van der Waals surface area contributed by atoms with Crippen LogP contribution in [0.25, 0.3) is 0 Å². The molecule has 2 aliphatic heterocycles. The van der Waals surface area contributed by atoms with E-state index in [0.717, 1.165) is 49.3 Å². The number of fused-ring (bicyclic) bond motifs is 1. The first-order chi connectivity index (χ1) is 14.0. The van der Waals surface area contributed by atoms with E-state index in [-0.39, 0.29) is 12.3 Å². The zero-order valence-electron chi connectivity index (χ0n) is 16.6. The SMILES string of the molecule is O=C(Cc1ccc(S(=O)(=O)N2CCCCC2)cc1)NCc1cn2c(n1)CCCC2. The van der Waals surface area contributed by atoms with Gasteiger partial charge in [-0.3, -0.25) is 4.79 Å². The summed E-state index contributed by atoms with van der Waals surface area (Å²) in [6, 6.07) is 6.67. The van der Waals surface area contributed by atoms with Crippen molar-refractivity contribution in [2.45, 2.75) is 62.9 Å². The van der Waals surface area contributed by atoms with Gasteiger partial charge in [-0.05, 0) is 43.4 Å². The number of nitrogens with zero attached hydrogens (tertiary/aromatic N) is 3. The largest absolute Gasteiger partial charge is 0.350 e. The molecule has 1 saturated heterocycles. The van der Waals surface area contributed by atoms with Crippen molar-refractivity contribution in [3.63, 3.8) is 0 Å². The lowest BCUT2D eigenvalue weighted by atomic mass is 10.1. The van der Waals surface area contributed by atoms with Crippen LogP contribution in [0.15, 0.2) is 35.4 Å². The number of aromatic nitrogens is 2. The highest BCUT2D eigenvalue weighted by atomic mass is 32.2. The van der Waals surface area contributed by atoms with E-state index in [1.165, 1.54) is 12.8 Å². The van der Waals surface area contributed by atoms with Crippen LogP contribution in [0.2, 0.25) is 0 Å². The predicted octanol–water partition coefficient (Wildman–Crippen LogP) is 2.25. The second kappa shape index (κ2) is 8.67. The first-order valence-corrected chi connectivity index (χ1v) is 11.9. The van der Waals surface area contributed by atoms with Gasteiger partial charge in [-0.1, -0.05) is 18.6 Å². The van der Waals surface area contributed by atoms with Gasteiger partial charge in [0.05, 0.1) is 23.6 Å². The van der Waals surface area contributed by atoms with Crippen molar-refractivity contribution < 1.29 is 13.2 Å². The van der Waals surface area contributed by atoms with Crippen molar-refractivity contribution in [3.05, 3.63) is 47.5 Å². The maximum absolute atomic E-state index is 12.7. The Morgan fingerprint density at radius 3 is 2.45 bits per heavy atom. The smallest absolute Gasteiger partial charge is 0.243 e. The topological polar surface area (TPSA) is 84.3 Å². The highest BCUT2D eigenvalue weighted by Crippen LogP contribution is 2.21. The summed E-state index contributed by atoms with van der Waals surface area (Å²) in [5.41, 5.74) is 1.68. The van der Waals surface area contributed by atoms with Gasteiger partial charge in [-0.15, -0.1) is 0 Å². The summed E-state index contributed by atoms with van der Waals surface area (Å²) in [4.78, 5) is 17.2. The predicted molar refractivity (Wildman–Crippen MR) is 110 cm³/mol. The molecule has 0 unspecified atom stereocenters. The molecular formula is C21H28N4O3S. The monoisotopic (exact) mass is 416 g/mol. The van der Waals surface area contributed by atoms with Crippen LogP contribution in [-0.2, 0) is 40.7 Å². The maximum atomic E-state index is 12.7. The molecule has 2 aliphatic rings. The van der Waals surface area contributed by atoms with Gasteiger partial charge >= 0.3 is 0 Å². The molecule has 7 nitrogen and oxygen atoms in total. The molecule has 0 saturated carbocycles. The Bertz CT molecular complexity index is 937. The highest BCUT2D eigenvalue weighted by molar-refractivity contribution is 7.89. The number of imidazole rings is 1. The van der Waals surface area contributed by atoms with E-state index in [1.807, 2.05) is 6.20 Å². The third kappa shape index (κ3) is 4.70. The molecule has 0 spiro atoms. The number of rotatable bonds is 6. The average molecular weight is 417 g/mol. The molecule has 0 atom stereocenters. The van der Waals surface area contributed by atoms with E-state index in [1.54, 1.807) is 28.6 Å². The third-order valence-corrected chi connectivity index (χ3v) is 7.58. The fraction of sp³-hybridized carbons (Fsp3) is 0.524. The van der Waals surface area contributed by atoms with Gasteiger partial charge in [-0.2, -0.15) is 4.31 Å². The van der Waals surface area contributed by atoms with Gasteiger partial charge < -0.3 is 9.88 Å². The standard InChI is InChI=1S/C21H28N4O3S/c26-21(22-15-18-16-24-11-5-2-6-20(24)23-18)14-17-7-9-19(10-8-17)29(27,28)25-12-3-1-4-13-25/h7-10,16H,1-6,11-15H2,(H,22,26). The van der Waals surface area contributed by atoms with Crippen LogP contribution < -0.4 is 5.32 Å². The molecule has 29 heavy (non-hydrogen) atoms. The molecular weight excluding hydrogens is 388 g/mol. The number of aryl methyl sites for hydroxylation is 2. The van der Waals surface area contributed by atoms with Crippen LogP contribution >= 0.6 is 0 Å². The number of carbonyl (C=O) groups excluding carboxylic acids is 1.